The molecule has 3 aromatic rings. The number of methoxy groups -OCH3 is 1. The molecule has 9 heteroatoms. The Kier molecular flexibility index (Phi) is 6.29. The Morgan fingerprint density at radius 3 is 2.75 bits per heavy atom. The predicted molar refractivity (Wildman–Crippen MR) is 122 cm³/mol. The Morgan fingerprint density at radius 1 is 1.16 bits per heavy atom. The first-order valence-corrected chi connectivity index (χ1v) is 12.0. The van der Waals surface area contributed by atoms with E-state index in [1.54, 1.807) is 25.3 Å². The van der Waals surface area contributed by atoms with Gasteiger partial charge in [-0.1, -0.05) is 24.6 Å². The molecule has 2 N–H and O–H groups in total. The van der Waals surface area contributed by atoms with Crippen molar-refractivity contribution in [2.24, 2.45) is 0 Å². The summed E-state index contributed by atoms with van der Waals surface area (Å²) in [7, 11) is -2.08. The van der Waals surface area contributed by atoms with Gasteiger partial charge in [-0.05, 0) is 50.1 Å². The molecule has 4 rings (SSSR count). The number of benzene rings is 2. The fourth-order valence-corrected chi connectivity index (χ4v) is 5.69. The number of nitrogens with one attached hydrogen (secondary N) is 2. The van der Waals surface area contributed by atoms with E-state index in [0.717, 1.165) is 24.8 Å². The third kappa shape index (κ3) is 4.39. The lowest BCUT2D eigenvalue weighted by Gasteiger charge is -2.32. The zero-order valence-electron chi connectivity index (χ0n) is 18.0. The van der Waals surface area contributed by atoms with Crippen molar-refractivity contribution in [2.45, 2.75) is 37.1 Å². The third-order valence-electron chi connectivity index (χ3n) is 5.66. The van der Waals surface area contributed by atoms with Crippen LogP contribution in [0.4, 0.5) is 5.82 Å². The third-order valence-corrected chi connectivity index (χ3v) is 7.67. The van der Waals surface area contributed by atoms with Crippen molar-refractivity contribution >= 4 is 21.7 Å². The van der Waals surface area contributed by atoms with Gasteiger partial charge in [0.15, 0.2) is 5.82 Å². The zero-order valence-corrected chi connectivity index (χ0v) is 18.9. The zero-order chi connectivity index (χ0) is 22.7. The quantitative estimate of drug-likeness (QED) is 0.588. The summed E-state index contributed by atoms with van der Waals surface area (Å²) in [5.74, 6) is 0.569. The normalized spacial score (nSPS) is 17.1. The number of sulfonamides is 1. The van der Waals surface area contributed by atoms with Gasteiger partial charge in [-0.3, -0.25) is 9.89 Å². The van der Waals surface area contributed by atoms with Gasteiger partial charge in [0.05, 0.1) is 17.7 Å². The lowest BCUT2D eigenvalue weighted by Crippen LogP contribution is -2.41. The summed E-state index contributed by atoms with van der Waals surface area (Å²) in [5, 5.41) is 9.76. The summed E-state index contributed by atoms with van der Waals surface area (Å²) in [6, 6.07) is 15.2. The fraction of sp³-hybridized carbons (Fsp3) is 0.304. The van der Waals surface area contributed by atoms with Crippen LogP contribution in [0.15, 0.2) is 59.5 Å². The van der Waals surface area contributed by atoms with Gasteiger partial charge in [-0.25, -0.2) is 8.42 Å². The summed E-state index contributed by atoms with van der Waals surface area (Å²) in [6.07, 6.45) is 2.71. The molecule has 0 aliphatic carbocycles. The average Bonchev–Trinajstić information content (AvgIpc) is 3.27. The van der Waals surface area contributed by atoms with E-state index in [4.69, 9.17) is 4.74 Å². The van der Waals surface area contributed by atoms with Gasteiger partial charge >= 0.3 is 0 Å². The number of carbonyl (C=O) groups is 1. The van der Waals surface area contributed by atoms with E-state index in [0.29, 0.717) is 23.8 Å². The molecule has 1 atom stereocenters. The number of H-pyrrole nitrogens is 1. The molecule has 2 aromatic carbocycles. The number of piperidine rings is 1. The summed E-state index contributed by atoms with van der Waals surface area (Å²) in [4.78, 5) is 12.9. The molecule has 1 aromatic heterocycles. The van der Waals surface area contributed by atoms with Crippen molar-refractivity contribution in [3.63, 3.8) is 0 Å². The Labute approximate surface area is 187 Å². The van der Waals surface area contributed by atoms with E-state index in [1.807, 2.05) is 31.2 Å². The number of amides is 1. The largest absolute Gasteiger partial charge is 0.496 e. The number of anilines is 1. The van der Waals surface area contributed by atoms with Gasteiger partial charge in [0, 0.05) is 29.8 Å². The molecule has 1 saturated heterocycles. The van der Waals surface area contributed by atoms with Crippen LogP contribution >= 0.6 is 0 Å². The summed E-state index contributed by atoms with van der Waals surface area (Å²) >= 11 is 0. The minimum atomic E-state index is -3.66. The highest BCUT2D eigenvalue weighted by molar-refractivity contribution is 7.89. The molecule has 0 saturated carbocycles. The second-order valence-corrected chi connectivity index (χ2v) is 9.70. The van der Waals surface area contributed by atoms with Gasteiger partial charge in [-0.2, -0.15) is 9.40 Å². The van der Waals surface area contributed by atoms with Gasteiger partial charge in [-0.15, -0.1) is 0 Å². The Bertz CT molecular complexity index is 1220. The number of nitrogens with zero attached hydrogens (tertiary/aromatic N) is 2. The van der Waals surface area contributed by atoms with E-state index < -0.39 is 15.9 Å². The smallest absolute Gasteiger partial charge is 0.256 e. The number of hydrogen-bond donors (Lipinski definition) is 2. The lowest BCUT2D eigenvalue weighted by molar-refractivity contribution is 0.102. The number of rotatable bonds is 6. The number of aromatic nitrogens is 2. The lowest BCUT2D eigenvalue weighted by atomic mass is 10.1. The second-order valence-electron chi connectivity index (χ2n) is 7.81. The van der Waals surface area contributed by atoms with Crippen molar-refractivity contribution in [1.82, 2.24) is 14.5 Å². The van der Waals surface area contributed by atoms with Crippen LogP contribution in [0.25, 0.3) is 11.3 Å². The maximum Gasteiger partial charge on any atom is 0.256 e. The van der Waals surface area contributed by atoms with E-state index in [2.05, 4.69) is 15.5 Å². The molecule has 168 valence electrons. The fourth-order valence-electron chi connectivity index (χ4n) is 3.94. The minimum Gasteiger partial charge on any atom is -0.496 e. The van der Waals surface area contributed by atoms with Crippen LogP contribution in [0.3, 0.4) is 0 Å². The van der Waals surface area contributed by atoms with Crippen molar-refractivity contribution < 1.29 is 17.9 Å². The molecule has 1 unspecified atom stereocenters. The van der Waals surface area contributed by atoms with Crippen LogP contribution < -0.4 is 10.1 Å². The van der Waals surface area contributed by atoms with Crippen LogP contribution in [-0.2, 0) is 10.0 Å². The first-order chi connectivity index (χ1) is 15.4. The monoisotopic (exact) mass is 454 g/mol. The number of carbonyl (C=O) groups excluding carboxylic acids is 1. The maximum atomic E-state index is 13.1. The molecular weight excluding hydrogens is 428 g/mol. The minimum absolute atomic E-state index is 0.0521. The topological polar surface area (TPSA) is 104 Å². The molecule has 1 aliphatic heterocycles. The number of para-hydroxylation sites is 1. The standard InChI is InChI=1S/C23H26N4O4S/c1-16-8-5-6-13-27(16)32(29,30)18-10-7-9-17(14-18)23(28)24-22-15-20(25-26-22)19-11-3-4-12-21(19)31-2/h3-4,7,9-12,14-16H,5-6,8,13H2,1-2H3,(H2,24,25,26,28). The molecule has 0 bridgehead atoms. The van der Waals surface area contributed by atoms with E-state index >= 15 is 0 Å². The maximum absolute atomic E-state index is 13.1. The number of ether oxygens (including phenoxy) is 1. The van der Waals surface area contributed by atoms with Crippen LogP contribution in [0.2, 0.25) is 0 Å². The highest BCUT2D eigenvalue weighted by Crippen LogP contribution is 2.29. The van der Waals surface area contributed by atoms with Crippen molar-refractivity contribution in [1.29, 1.82) is 0 Å². The SMILES string of the molecule is COc1ccccc1-c1cc(NC(=O)c2cccc(S(=O)(=O)N3CCCCC3C)c2)n[nH]1. The van der Waals surface area contributed by atoms with Gasteiger partial charge in [0.2, 0.25) is 10.0 Å². The van der Waals surface area contributed by atoms with E-state index in [-0.39, 0.29) is 16.5 Å². The molecular formula is C23H26N4O4S. The Balaban J connectivity index is 1.53. The average molecular weight is 455 g/mol. The van der Waals surface area contributed by atoms with Gasteiger partial charge < -0.3 is 10.1 Å². The molecule has 1 aliphatic rings. The van der Waals surface area contributed by atoms with E-state index in [1.165, 1.54) is 16.4 Å². The second kappa shape index (κ2) is 9.13. The molecule has 32 heavy (non-hydrogen) atoms. The highest BCUT2D eigenvalue weighted by atomic mass is 32.2. The van der Waals surface area contributed by atoms with Crippen LogP contribution in [0, 0.1) is 0 Å². The van der Waals surface area contributed by atoms with Gasteiger partial charge in [0.1, 0.15) is 5.75 Å². The molecule has 1 fully saturated rings. The Morgan fingerprint density at radius 2 is 1.97 bits per heavy atom. The van der Waals surface area contributed by atoms with Crippen molar-refractivity contribution in [2.75, 3.05) is 19.0 Å². The Hall–Kier alpha value is -3.17. The van der Waals surface area contributed by atoms with Crippen molar-refractivity contribution in [3.05, 3.63) is 60.2 Å². The summed E-state index contributed by atoms with van der Waals surface area (Å²) in [6.45, 7) is 2.42. The first kappa shape index (κ1) is 22.0. The molecule has 0 radical (unpaired) electrons. The van der Waals surface area contributed by atoms with E-state index in [9.17, 15) is 13.2 Å². The molecule has 0 spiro atoms. The highest BCUT2D eigenvalue weighted by Gasteiger charge is 2.31. The molecule has 2 heterocycles. The molecule has 8 nitrogen and oxygen atoms in total. The van der Waals surface area contributed by atoms with Crippen LogP contribution in [0.1, 0.15) is 36.5 Å². The first-order valence-electron chi connectivity index (χ1n) is 10.5. The number of aromatic amines is 1. The van der Waals surface area contributed by atoms with Crippen LogP contribution in [0.5, 0.6) is 5.75 Å². The predicted octanol–water partition coefficient (Wildman–Crippen LogP) is 3.90. The van der Waals surface area contributed by atoms with Crippen LogP contribution in [-0.4, -0.2) is 48.5 Å². The van der Waals surface area contributed by atoms with Crippen molar-refractivity contribution in [3.8, 4) is 17.0 Å². The van der Waals surface area contributed by atoms with Gasteiger partial charge in [0.25, 0.3) is 5.91 Å². The number of hydrogen-bond acceptors (Lipinski definition) is 5. The summed E-state index contributed by atoms with van der Waals surface area (Å²) in [5.41, 5.74) is 1.75. The molecule has 1 amide bonds. The summed E-state index contributed by atoms with van der Waals surface area (Å²) < 4.78 is 33.1.